The van der Waals surface area contributed by atoms with Crippen LogP contribution in [-0.4, -0.2) is 47.9 Å². The summed E-state index contributed by atoms with van der Waals surface area (Å²) in [6.07, 6.45) is -1.51. The summed E-state index contributed by atoms with van der Waals surface area (Å²) in [5.74, 6) is -1.78. The van der Waals surface area contributed by atoms with Gasteiger partial charge in [0.05, 0.1) is 12.7 Å². The van der Waals surface area contributed by atoms with E-state index in [1.165, 1.54) is 0 Å². The summed E-state index contributed by atoms with van der Waals surface area (Å²) in [6.45, 7) is 3.64. The molecular weight excluding hydrogens is 484 g/mol. The lowest BCUT2D eigenvalue weighted by atomic mass is 9.98. The molecule has 3 aromatic rings. The van der Waals surface area contributed by atoms with Crippen LogP contribution < -0.4 is 10.6 Å². The molecule has 0 aromatic heterocycles. The number of alkyl carbamates (subject to hydrolysis) is 1. The number of rotatable bonds is 11. The number of fused-ring (bicyclic) bond motifs is 3. The van der Waals surface area contributed by atoms with E-state index in [0.29, 0.717) is 0 Å². The summed E-state index contributed by atoms with van der Waals surface area (Å²) in [5, 5.41) is 14.8. The smallest absolute Gasteiger partial charge is 0.407 e. The Morgan fingerprint density at radius 1 is 0.842 bits per heavy atom. The topological polar surface area (TPSA) is 114 Å². The van der Waals surface area contributed by atoms with E-state index in [4.69, 9.17) is 9.47 Å². The van der Waals surface area contributed by atoms with Crippen LogP contribution in [0.1, 0.15) is 42.9 Å². The molecule has 0 heterocycles. The number of carboxylic acids is 1. The highest BCUT2D eigenvalue weighted by Crippen LogP contribution is 2.44. The van der Waals surface area contributed by atoms with Crippen molar-refractivity contribution in [3.63, 3.8) is 0 Å². The molecule has 0 aliphatic heterocycles. The molecule has 3 N–H and O–H groups in total. The number of aliphatic carboxylic acids is 1. The molecule has 198 valence electrons. The predicted molar refractivity (Wildman–Crippen MR) is 143 cm³/mol. The Hall–Kier alpha value is -4.17. The van der Waals surface area contributed by atoms with Gasteiger partial charge in [-0.25, -0.2) is 9.59 Å². The van der Waals surface area contributed by atoms with Crippen LogP contribution in [-0.2, 0) is 25.7 Å². The summed E-state index contributed by atoms with van der Waals surface area (Å²) in [5.41, 5.74) is 5.39. The van der Waals surface area contributed by atoms with E-state index in [1.54, 1.807) is 13.8 Å². The minimum absolute atomic E-state index is 0.0690. The predicted octanol–water partition coefficient (Wildman–Crippen LogP) is 4.48. The molecule has 0 fully saturated rings. The Balaban J connectivity index is 1.25. The zero-order chi connectivity index (χ0) is 27.1. The fourth-order valence-corrected chi connectivity index (χ4v) is 4.68. The lowest BCUT2D eigenvalue weighted by Gasteiger charge is -2.23. The number of carbonyl (C=O) groups is 3. The summed E-state index contributed by atoms with van der Waals surface area (Å²) in [7, 11) is 0. The van der Waals surface area contributed by atoms with Crippen molar-refractivity contribution >= 4 is 18.0 Å². The average Bonchev–Trinajstić information content (AvgIpc) is 3.23. The third kappa shape index (κ3) is 6.58. The highest BCUT2D eigenvalue weighted by Gasteiger charge is 2.30. The number of carbonyl (C=O) groups excluding carboxylic acids is 2. The second-order valence-electron chi connectivity index (χ2n) is 9.46. The highest BCUT2D eigenvalue weighted by molar-refractivity contribution is 5.84. The monoisotopic (exact) mass is 516 g/mol. The molecular formula is C30H32N2O6. The zero-order valence-corrected chi connectivity index (χ0v) is 21.4. The van der Waals surface area contributed by atoms with Gasteiger partial charge in [-0.2, -0.15) is 0 Å². The van der Waals surface area contributed by atoms with Gasteiger partial charge in [-0.3, -0.25) is 4.79 Å². The standard InChI is InChI=1S/C30H32N2O6/c1-19(16-27(33)32-28(29(34)35)20(2)37-17-21-10-4-3-5-11-21)31-30(36)38-18-26-24-14-8-6-12-22(24)23-13-7-9-15-25(23)26/h3-15,19-20,26,28H,16-18H2,1-2H3,(H,31,36)(H,32,33)(H,34,35)/t19-,20?,28?/m1/s1. The lowest BCUT2D eigenvalue weighted by Crippen LogP contribution is -2.50. The van der Waals surface area contributed by atoms with Gasteiger partial charge in [-0.05, 0) is 41.7 Å². The fraction of sp³-hybridized carbons (Fsp3) is 0.300. The van der Waals surface area contributed by atoms with E-state index in [9.17, 15) is 19.5 Å². The molecule has 0 saturated carbocycles. The van der Waals surface area contributed by atoms with Gasteiger partial charge in [0, 0.05) is 18.4 Å². The van der Waals surface area contributed by atoms with Crippen LogP contribution in [0.25, 0.3) is 11.1 Å². The Kier molecular flexibility index (Phi) is 8.76. The molecule has 0 saturated heterocycles. The van der Waals surface area contributed by atoms with Crippen molar-refractivity contribution < 1.29 is 29.0 Å². The first kappa shape index (κ1) is 26.9. The molecule has 38 heavy (non-hydrogen) atoms. The van der Waals surface area contributed by atoms with Crippen molar-refractivity contribution in [2.24, 2.45) is 0 Å². The number of nitrogens with one attached hydrogen (secondary N) is 2. The molecule has 0 spiro atoms. The van der Waals surface area contributed by atoms with Gasteiger partial charge in [-0.1, -0.05) is 78.9 Å². The van der Waals surface area contributed by atoms with E-state index in [2.05, 4.69) is 22.8 Å². The Labute approximate surface area is 222 Å². The van der Waals surface area contributed by atoms with E-state index in [0.717, 1.165) is 27.8 Å². The fourth-order valence-electron chi connectivity index (χ4n) is 4.68. The average molecular weight is 517 g/mol. The van der Waals surface area contributed by atoms with E-state index in [1.807, 2.05) is 66.7 Å². The molecule has 3 atom stereocenters. The molecule has 1 aliphatic rings. The Bertz CT molecular complexity index is 1230. The minimum Gasteiger partial charge on any atom is -0.480 e. The summed E-state index contributed by atoms with van der Waals surface area (Å²) >= 11 is 0. The van der Waals surface area contributed by atoms with Crippen LogP contribution in [0.4, 0.5) is 4.79 Å². The molecule has 8 nitrogen and oxygen atoms in total. The molecule has 4 rings (SSSR count). The first-order valence-electron chi connectivity index (χ1n) is 12.6. The lowest BCUT2D eigenvalue weighted by molar-refractivity contribution is -0.146. The van der Waals surface area contributed by atoms with Gasteiger partial charge < -0.3 is 25.2 Å². The number of amides is 2. The van der Waals surface area contributed by atoms with Crippen molar-refractivity contribution in [1.82, 2.24) is 10.6 Å². The SMILES string of the molecule is CC(OCc1ccccc1)C(NC(=O)C[C@@H](C)NC(=O)OCC1c2ccccc2-c2ccccc21)C(=O)O. The minimum atomic E-state index is -1.23. The van der Waals surface area contributed by atoms with Crippen LogP contribution in [0.15, 0.2) is 78.9 Å². The Morgan fingerprint density at radius 3 is 2.03 bits per heavy atom. The second-order valence-corrected chi connectivity index (χ2v) is 9.46. The van der Waals surface area contributed by atoms with Gasteiger partial charge in [-0.15, -0.1) is 0 Å². The van der Waals surface area contributed by atoms with Gasteiger partial charge >= 0.3 is 12.1 Å². The number of carboxylic acid groups (broad SMARTS) is 1. The van der Waals surface area contributed by atoms with Gasteiger partial charge in [0.2, 0.25) is 5.91 Å². The largest absolute Gasteiger partial charge is 0.480 e. The molecule has 0 bridgehead atoms. The maximum atomic E-state index is 12.5. The first-order valence-corrected chi connectivity index (χ1v) is 12.6. The van der Waals surface area contributed by atoms with Crippen molar-refractivity contribution in [3.05, 3.63) is 95.6 Å². The number of ether oxygens (including phenoxy) is 2. The van der Waals surface area contributed by atoms with Crippen molar-refractivity contribution in [1.29, 1.82) is 0 Å². The zero-order valence-electron chi connectivity index (χ0n) is 21.4. The molecule has 8 heteroatoms. The highest BCUT2D eigenvalue weighted by atomic mass is 16.5. The molecule has 3 aromatic carbocycles. The third-order valence-electron chi connectivity index (χ3n) is 6.61. The van der Waals surface area contributed by atoms with Gasteiger partial charge in [0.25, 0.3) is 0 Å². The molecule has 0 radical (unpaired) electrons. The first-order chi connectivity index (χ1) is 18.3. The number of hydrogen-bond donors (Lipinski definition) is 3. The Morgan fingerprint density at radius 2 is 1.42 bits per heavy atom. The number of benzene rings is 3. The van der Waals surface area contributed by atoms with Gasteiger partial charge in [0.1, 0.15) is 6.61 Å². The van der Waals surface area contributed by atoms with E-state index in [-0.39, 0.29) is 25.6 Å². The van der Waals surface area contributed by atoms with Crippen LogP contribution in [0, 0.1) is 0 Å². The maximum Gasteiger partial charge on any atom is 0.407 e. The van der Waals surface area contributed by atoms with Crippen molar-refractivity contribution in [2.45, 2.75) is 51.0 Å². The van der Waals surface area contributed by atoms with Crippen LogP contribution >= 0.6 is 0 Å². The third-order valence-corrected chi connectivity index (χ3v) is 6.61. The molecule has 2 unspecified atom stereocenters. The second kappa shape index (κ2) is 12.4. The summed E-state index contributed by atoms with van der Waals surface area (Å²) in [6, 6.07) is 23.7. The molecule has 1 aliphatic carbocycles. The quantitative estimate of drug-likeness (QED) is 0.346. The normalized spacial score (nSPS) is 14.5. The van der Waals surface area contributed by atoms with E-state index < -0.39 is 36.2 Å². The van der Waals surface area contributed by atoms with Crippen molar-refractivity contribution in [3.8, 4) is 11.1 Å². The van der Waals surface area contributed by atoms with E-state index >= 15 is 0 Å². The summed E-state index contributed by atoms with van der Waals surface area (Å²) < 4.78 is 11.2. The van der Waals surface area contributed by atoms with Crippen molar-refractivity contribution in [2.75, 3.05) is 6.61 Å². The van der Waals surface area contributed by atoms with Crippen LogP contribution in [0.5, 0.6) is 0 Å². The summed E-state index contributed by atoms with van der Waals surface area (Å²) in [4.78, 5) is 36.8. The van der Waals surface area contributed by atoms with Gasteiger partial charge in [0.15, 0.2) is 6.04 Å². The molecule has 2 amide bonds. The number of hydrogen-bond acceptors (Lipinski definition) is 5. The van der Waals surface area contributed by atoms with Crippen LogP contribution in [0.2, 0.25) is 0 Å². The maximum absolute atomic E-state index is 12.5. The van der Waals surface area contributed by atoms with Crippen LogP contribution in [0.3, 0.4) is 0 Å².